The molecule has 0 aliphatic heterocycles. The topological polar surface area (TPSA) is 56.7 Å². The second-order valence-electron chi connectivity index (χ2n) is 17.5. The fourth-order valence-electron chi connectivity index (χ4n) is 8.31. The van der Waals surface area contributed by atoms with Gasteiger partial charge < -0.3 is 8.98 Å². The van der Waals surface area contributed by atoms with E-state index in [0.29, 0.717) is 0 Å². The van der Waals surface area contributed by atoms with Crippen molar-refractivity contribution in [2.45, 2.75) is 90.8 Å². The van der Waals surface area contributed by atoms with Crippen LogP contribution in [0.5, 0.6) is 0 Å². The maximum absolute atomic E-state index is 8.13. The van der Waals surface area contributed by atoms with Crippen molar-refractivity contribution in [1.29, 1.82) is 0 Å². The molecule has 0 spiro atoms. The van der Waals surface area contributed by atoms with E-state index in [-0.39, 0.29) is 43.9 Å². The fourth-order valence-corrected chi connectivity index (χ4v) is 11.5. The van der Waals surface area contributed by atoms with Gasteiger partial charge in [0.15, 0.2) is 0 Å². The molecule has 4 heterocycles. The molecule has 5 nitrogen and oxygen atoms in total. The SMILES string of the molecule is Cc1cc2c(nc(-c3[c-]ccc4c3oc3ccccc34)n2-c2c(C(C)C)cc(-c3ccccc3)cc2C(C)C)c(C)n1.[2H]C(C)c1cc(-c2[c-]cc(C([2H])([2H])[2H])cc2)nc[c]1[Ge]([CH3])([CH3])[CH3].[Ir]. The van der Waals surface area contributed by atoms with E-state index in [9.17, 15) is 0 Å². The van der Waals surface area contributed by atoms with Gasteiger partial charge in [0.2, 0.25) is 0 Å². The number of fused-ring (bicyclic) bond motifs is 4. The molecule has 0 aliphatic rings. The summed E-state index contributed by atoms with van der Waals surface area (Å²) in [7, 11) is 0. The quantitative estimate of drug-likeness (QED) is 0.112. The molecular weight excluding hydrogens is 997 g/mol. The van der Waals surface area contributed by atoms with Gasteiger partial charge in [-0.1, -0.05) is 87.2 Å². The first-order valence-electron chi connectivity index (χ1n) is 23.3. The maximum Gasteiger partial charge on any atom is 0 e. The van der Waals surface area contributed by atoms with Crippen molar-refractivity contribution < 1.29 is 30.0 Å². The van der Waals surface area contributed by atoms with Crippen molar-refractivity contribution in [3.63, 3.8) is 0 Å². The summed E-state index contributed by atoms with van der Waals surface area (Å²) in [6.45, 7) is 13.0. The van der Waals surface area contributed by atoms with Crippen molar-refractivity contribution in [1.82, 2.24) is 19.5 Å². The third-order valence-corrected chi connectivity index (χ3v) is 15.7. The smallest absolute Gasteiger partial charge is 0 e. The molecule has 4 aromatic heterocycles. The number of furan rings is 1. The third kappa shape index (κ3) is 8.75. The molecule has 7 heteroatoms. The Morgan fingerprint density at radius 2 is 1.52 bits per heavy atom. The van der Waals surface area contributed by atoms with Gasteiger partial charge in [-0.25, -0.2) is 0 Å². The minimum absolute atomic E-state index is 0. The first kappa shape index (κ1) is 39.7. The number of hydrogen-bond acceptors (Lipinski definition) is 4. The van der Waals surface area contributed by atoms with Gasteiger partial charge in [0.1, 0.15) is 5.58 Å². The Kier molecular flexibility index (Phi) is 11.7. The van der Waals surface area contributed by atoms with Crippen molar-refractivity contribution in [2.24, 2.45) is 0 Å². The number of benzene rings is 5. The van der Waals surface area contributed by atoms with E-state index >= 15 is 0 Å². The number of pyridine rings is 2. The average Bonchev–Trinajstić information content (AvgIpc) is 3.84. The second-order valence-corrected chi connectivity index (χ2v) is 28.1. The molecular formula is C55H56GeIrN4O-2. The standard InChI is InChI=1S/C38H34N3O.C17H22GeN.Ir/c1-22(2)31-20-27(26-13-8-7-9-14-26)21-32(23(3)4)36(31)41-33-19-24(5)39-25(6)35(33)40-38(41)30-17-12-16-29-28-15-10-11-18-34(28)42-37(29)30;1-6-14-11-17(15-9-7-13(2)8-10-15)19-12-16(14)18(3,4)5;/h7-16,18-23H,1-6H3;7-9,11-12H,6H2,1-5H3;/q2*-1;/i;2D3,6D;. The Morgan fingerprint density at radius 3 is 2.16 bits per heavy atom. The van der Waals surface area contributed by atoms with Crippen LogP contribution >= 0.6 is 0 Å². The second kappa shape index (κ2) is 18.3. The normalized spacial score (nSPS) is 13.4. The maximum atomic E-state index is 8.13. The van der Waals surface area contributed by atoms with E-state index in [4.69, 9.17) is 19.9 Å². The Bertz CT molecular complexity index is 3160. The summed E-state index contributed by atoms with van der Waals surface area (Å²) in [6, 6.07) is 43.2. The number of nitrogens with zero attached hydrogens (tertiary/aromatic N) is 4. The average molecular weight is 1060 g/mol. The fraction of sp³-hybridized carbons (Fsp3) is 0.255. The zero-order chi connectivity index (χ0) is 46.5. The molecule has 0 fully saturated rings. The van der Waals surface area contributed by atoms with E-state index in [1.54, 1.807) is 12.1 Å². The predicted molar refractivity (Wildman–Crippen MR) is 259 cm³/mol. The molecule has 1 atom stereocenters. The number of rotatable bonds is 8. The van der Waals surface area contributed by atoms with Crippen LogP contribution in [0.15, 0.2) is 120 Å². The Balaban J connectivity index is 0.000000230. The summed E-state index contributed by atoms with van der Waals surface area (Å²) in [6.07, 6.45) is 1.60. The van der Waals surface area contributed by atoms with Crippen molar-refractivity contribution in [3.05, 3.63) is 161 Å². The van der Waals surface area contributed by atoms with E-state index in [2.05, 4.69) is 140 Å². The largest absolute Gasteiger partial charge is 0 e. The molecule has 317 valence electrons. The van der Waals surface area contributed by atoms with Gasteiger partial charge in [0, 0.05) is 36.9 Å². The Labute approximate surface area is 389 Å². The van der Waals surface area contributed by atoms with Gasteiger partial charge >= 0.3 is 124 Å². The molecule has 9 aromatic rings. The van der Waals surface area contributed by atoms with Gasteiger partial charge in [-0.15, -0.1) is 18.2 Å². The van der Waals surface area contributed by atoms with E-state index < -0.39 is 20.1 Å². The van der Waals surface area contributed by atoms with Gasteiger partial charge in [0.05, 0.1) is 28.1 Å². The molecule has 1 radical (unpaired) electrons. The van der Waals surface area contributed by atoms with Gasteiger partial charge in [0.25, 0.3) is 0 Å². The zero-order valence-electron chi connectivity index (χ0n) is 41.2. The van der Waals surface area contributed by atoms with Crippen LogP contribution < -0.4 is 4.40 Å². The summed E-state index contributed by atoms with van der Waals surface area (Å²) >= 11 is -2.09. The van der Waals surface area contributed by atoms with E-state index in [1.807, 2.05) is 44.3 Å². The van der Waals surface area contributed by atoms with Crippen LogP contribution in [-0.2, 0) is 26.5 Å². The van der Waals surface area contributed by atoms with Crippen molar-refractivity contribution in [3.8, 4) is 39.5 Å². The molecule has 9 rings (SSSR count). The predicted octanol–water partition coefficient (Wildman–Crippen LogP) is 14.3. The van der Waals surface area contributed by atoms with Crippen LogP contribution in [0, 0.1) is 32.8 Å². The Morgan fingerprint density at radius 1 is 0.806 bits per heavy atom. The number of aryl methyl sites for hydroxylation is 4. The molecule has 0 amide bonds. The van der Waals surface area contributed by atoms with Crippen LogP contribution in [0.4, 0.5) is 0 Å². The number of hydrogen-bond donors (Lipinski definition) is 0. The summed E-state index contributed by atoms with van der Waals surface area (Å²) < 4.78 is 40.5. The van der Waals surface area contributed by atoms with Gasteiger partial charge in [-0.3, -0.25) is 9.97 Å². The van der Waals surface area contributed by atoms with Crippen LogP contribution in [0.25, 0.3) is 72.4 Å². The molecule has 0 aliphatic carbocycles. The Hall–Kier alpha value is -5.14. The van der Waals surface area contributed by atoms with Crippen LogP contribution in [0.2, 0.25) is 17.3 Å². The zero-order valence-corrected chi connectivity index (χ0v) is 41.7. The van der Waals surface area contributed by atoms with Crippen molar-refractivity contribution in [2.75, 3.05) is 0 Å². The number of imidazole rings is 1. The monoisotopic (exact) mass is 1060 g/mol. The van der Waals surface area contributed by atoms with E-state index in [1.165, 1.54) is 38.4 Å². The van der Waals surface area contributed by atoms with Gasteiger partial charge in [-0.2, -0.15) is 0 Å². The van der Waals surface area contributed by atoms with Crippen LogP contribution in [0.3, 0.4) is 0 Å². The summed E-state index contributed by atoms with van der Waals surface area (Å²) in [5.74, 6) is 8.25. The number of para-hydroxylation sites is 1. The van der Waals surface area contributed by atoms with E-state index in [0.717, 1.165) is 72.6 Å². The van der Waals surface area contributed by atoms with Crippen molar-refractivity contribution >= 4 is 50.6 Å². The molecule has 0 N–H and O–H groups in total. The summed E-state index contributed by atoms with van der Waals surface area (Å²) in [4.78, 5) is 14.7. The first-order chi connectivity index (χ1) is 30.8. The molecule has 62 heavy (non-hydrogen) atoms. The third-order valence-electron chi connectivity index (χ3n) is 11.4. The molecule has 0 saturated carbocycles. The summed E-state index contributed by atoms with van der Waals surface area (Å²) in [5.41, 5.74) is 15.4. The minimum atomic E-state index is -2.12. The molecule has 5 aromatic carbocycles. The van der Waals surface area contributed by atoms with Gasteiger partial charge in [-0.05, 0) is 72.2 Å². The minimum Gasteiger partial charge on any atom is 0 e. The summed E-state index contributed by atoms with van der Waals surface area (Å²) in [5, 5.41) is 2.16. The molecule has 1 unspecified atom stereocenters. The molecule has 0 saturated heterocycles. The number of aromatic nitrogens is 4. The first-order valence-corrected chi connectivity index (χ1v) is 28.5. The molecule has 0 bridgehead atoms. The van der Waals surface area contributed by atoms with Crippen LogP contribution in [-0.4, -0.2) is 32.8 Å². The van der Waals surface area contributed by atoms with Crippen LogP contribution in [0.1, 0.15) is 85.6 Å².